The Morgan fingerprint density at radius 2 is 0.873 bits per heavy atom. The van der Waals surface area contributed by atoms with Crippen molar-refractivity contribution >= 4 is 55.7 Å². The minimum absolute atomic E-state index is 0.0155. The lowest BCUT2D eigenvalue weighted by molar-refractivity contribution is 0.197. The number of aliphatic hydroxyl groups excluding tert-OH is 2. The maximum absolute atomic E-state index is 8.94. The number of ether oxygens (including phenoxy) is 4. The molecule has 0 aliphatic heterocycles. The largest absolute Gasteiger partial charge is 0.478 e. The molecule has 0 unspecified atom stereocenters. The maximum Gasteiger partial charge on any atom is 0.224 e. The molecular weight excluding hydrogens is 1360 g/mol. The Morgan fingerprint density at radius 1 is 0.480 bits per heavy atom. The van der Waals surface area contributed by atoms with Crippen molar-refractivity contribution in [1.82, 2.24) is 34.1 Å². The van der Waals surface area contributed by atoms with Crippen LogP contribution in [0.3, 0.4) is 0 Å². The van der Waals surface area contributed by atoms with Gasteiger partial charge in [0, 0.05) is 122 Å². The molecule has 0 spiro atoms. The topological polar surface area (TPSA) is 156 Å². The van der Waals surface area contributed by atoms with Gasteiger partial charge in [-0.2, -0.15) is 9.97 Å². The first kappa shape index (κ1) is 86.0. The first-order valence-electron chi connectivity index (χ1n) is 35.5. The van der Waals surface area contributed by atoms with E-state index in [0.29, 0.717) is 30.1 Å². The molecule has 10 aromatic rings. The Kier molecular flexibility index (Phi) is 37.3. The first-order valence-corrected chi connectivity index (χ1v) is 37.0. The highest BCUT2D eigenvalue weighted by molar-refractivity contribution is 9.08. The van der Waals surface area contributed by atoms with Crippen LogP contribution >= 0.6 is 27.5 Å². The van der Waals surface area contributed by atoms with Crippen LogP contribution in [0.25, 0.3) is 33.0 Å². The summed E-state index contributed by atoms with van der Waals surface area (Å²) in [6.07, 6.45) is 10.7. The molecule has 3 aromatic carbocycles. The van der Waals surface area contributed by atoms with Crippen LogP contribution in [0, 0.1) is 25.8 Å². The number of halogens is 2. The van der Waals surface area contributed by atoms with Gasteiger partial charge in [-0.1, -0.05) is 232 Å². The lowest BCUT2D eigenvalue weighted by atomic mass is 9.86. The second kappa shape index (κ2) is 44.2. The fourth-order valence-electron chi connectivity index (χ4n) is 9.55. The van der Waals surface area contributed by atoms with Crippen LogP contribution in [0.5, 0.6) is 23.5 Å². The Bertz CT molecular complexity index is 3890. The van der Waals surface area contributed by atoms with E-state index in [-0.39, 0.29) is 35.0 Å². The number of hydrogen-bond acceptors (Lipinski definition) is 11. The molecule has 1 aliphatic carbocycles. The summed E-state index contributed by atoms with van der Waals surface area (Å²) in [6.45, 7) is 48.8. The molecule has 1 aliphatic rings. The summed E-state index contributed by atoms with van der Waals surface area (Å²) in [5, 5.41) is 20.6. The zero-order valence-electron chi connectivity index (χ0n) is 64.1. The molecule has 0 atom stereocenters. The van der Waals surface area contributed by atoms with E-state index in [1.54, 1.807) is 12.3 Å². The number of fused-ring (bicyclic) bond motifs is 3. The Morgan fingerprint density at radius 3 is 1.22 bits per heavy atom. The first-order chi connectivity index (χ1) is 48.5. The molecule has 11 rings (SSSR count). The highest BCUT2D eigenvalue weighted by atomic mass is 79.9. The van der Waals surface area contributed by atoms with E-state index in [2.05, 4.69) is 230 Å². The van der Waals surface area contributed by atoms with Crippen LogP contribution in [-0.2, 0) is 35.7 Å². The number of hydrogen-bond donors (Lipinski definition) is 2. The fraction of sp³-hybridized carbons (Fsp3) is 0.419. The van der Waals surface area contributed by atoms with E-state index in [0.717, 1.165) is 109 Å². The van der Waals surface area contributed by atoms with Gasteiger partial charge in [-0.05, 0) is 115 Å². The molecule has 0 amide bonds. The Labute approximate surface area is 624 Å². The number of benzene rings is 3. The van der Waals surface area contributed by atoms with E-state index in [1.165, 1.54) is 44.6 Å². The van der Waals surface area contributed by atoms with Crippen molar-refractivity contribution < 1.29 is 29.2 Å². The van der Waals surface area contributed by atoms with Gasteiger partial charge in [-0.25, -0.2) is 21.5 Å². The number of alkyl halides is 1. The molecule has 0 saturated carbocycles. The normalized spacial score (nSPS) is 11.4. The number of pyridine rings is 5. The molecule has 102 heavy (non-hydrogen) atoms. The summed E-state index contributed by atoms with van der Waals surface area (Å²) >= 11 is 8.86. The molecular formula is C86H114BrClN8O6. The smallest absolute Gasteiger partial charge is 0.224 e. The van der Waals surface area contributed by atoms with Crippen LogP contribution in [0.2, 0.25) is 5.15 Å². The summed E-state index contributed by atoms with van der Waals surface area (Å²) in [5.41, 5.74) is 14.6. The molecule has 7 aromatic heterocycles. The lowest BCUT2D eigenvalue weighted by Gasteiger charge is -2.22. The molecule has 0 radical (unpaired) electrons. The minimum Gasteiger partial charge on any atom is -0.478 e. The number of allylic oxidation sites excluding steroid dienone is 1. The quantitative estimate of drug-likeness (QED) is 0.0479. The van der Waals surface area contributed by atoms with Crippen LogP contribution in [0.4, 0.5) is 0 Å². The molecule has 0 fully saturated rings. The van der Waals surface area contributed by atoms with Crippen LogP contribution in [0.15, 0.2) is 182 Å². The van der Waals surface area contributed by atoms with Gasteiger partial charge in [0.25, 0.3) is 0 Å². The van der Waals surface area contributed by atoms with Crippen molar-refractivity contribution in [3.8, 4) is 23.5 Å². The third kappa shape index (κ3) is 31.5. The van der Waals surface area contributed by atoms with Gasteiger partial charge in [-0.15, -0.1) is 0 Å². The average molecular weight is 1470 g/mol. The molecule has 0 saturated heterocycles. The van der Waals surface area contributed by atoms with E-state index < -0.39 is 0 Å². The van der Waals surface area contributed by atoms with Crippen molar-refractivity contribution in [2.75, 3.05) is 39.6 Å². The predicted molar refractivity (Wildman–Crippen MR) is 429 cm³/mol. The highest BCUT2D eigenvalue weighted by Crippen LogP contribution is 2.37. The summed E-state index contributed by atoms with van der Waals surface area (Å²) in [6, 6.07) is 55.4. The molecule has 2 N–H and O–H groups in total. The van der Waals surface area contributed by atoms with Crippen LogP contribution in [0.1, 0.15) is 187 Å². The minimum atomic E-state index is -0.167. The molecule has 7 heterocycles. The number of nitrogens with zero attached hydrogens (tertiary/aromatic N) is 8. The molecule has 0 bridgehead atoms. The monoisotopic (exact) mass is 1470 g/mol. The predicted octanol–water partition coefficient (Wildman–Crippen LogP) is 21.7. The lowest BCUT2D eigenvalue weighted by Crippen LogP contribution is -2.18. The summed E-state index contributed by atoms with van der Waals surface area (Å²) in [5.74, 6) is 2.73. The van der Waals surface area contributed by atoms with Crippen molar-refractivity contribution in [3.05, 3.63) is 249 Å². The molecule has 14 nitrogen and oxygen atoms in total. The SMILES string of the molecule is BrCc1ccccc1.CC(C)(C)c1cc2ccc(OCCO)nc2n1Cc1ccccc1.CCCO.CCCOc1ccc(C)cn1.CCCOc1ccc2c(n1)CC(C(C)(C)C)=C2.CCCOc1ccc2cc(C(C)(C)C)n(Cc3ccccc3)c2n1.Cc1ccc(Cl)nc1.[C-]#[N+]C(C)(C)C. The van der Waals surface area contributed by atoms with E-state index in [1.807, 2.05) is 114 Å². The van der Waals surface area contributed by atoms with E-state index in [9.17, 15) is 0 Å². The van der Waals surface area contributed by atoms with Gasteiger partial charge in [0.15, 0.2) is 0 Å². The maximum atomic E-state index is 8.94. The molecule has 16 heteroatoms. The van der Waals surface area contributed by atoms with Gasteiger partial charge in [0.1, 0.15) is 23.1 Å². The van der Waals surface area contributed by atoms with E-state index >= 15 is 0 Å². The Hall–Kier alpha value is -8.39. The van der Waals surface area contributed by atoms with Gasteiger partial charge in [0.2, 0.25) is 29.1 Å². The van der Waals surface area contributed by atoms with Gasteiger partial charge < -0.3 is 43.1 Å². The van der Waals surface area contributed by atoms with E-state index in [4.69, 9.17) is 52.3 Å². The standard InChI is InChI=1S/C21H26N2O.C20H24N2O2.C15H21NO.C9H13NO.C7H7Br.C6H6ClN.C5H9N.C3H8O/c1-5-13-24-19-12-11-17-14-18(21(2,3)4)23(20(17)22-19)15-16-9-7-6-8-10-16;1-20(2,3)17-13-16-9-10-18(24-12-11-23)21-19(16)22(17)14-15-7-5-4-6-8-15;1-5-8-17-14-7-6-11-9-12(15(2,3)4)10-13(11)16-14;1-3-6-11-9-5-4-8(2)7-10-9;8-6-7-4-2-1-3-5-7;1-5-2-3-6(7)8-4-5;1-5(2,3)6-4;1-2-3-4/h6-12,14H,5,13,15H2,1-4H3;4-10,13,23H,11-12,14H2,1-3H3;6-7,9H,5,8,10H2,1-4H3;4-5,7H,3,6H2,1-2H3;1-5H,6H2;2-4H,1H3;1-3H3;4H,2-3H2,1H3. The van der Waals surface area contributed by atoms with Gasteiger partial charge in [0.05, 0.1) is 32.1 Å². The highest BCUT2D eigenvalue weighted by Gasteiger charge is 2.26. The third-order valence-corrected chi connectivity index (χ3v) is 15.9. The summed E-state index contributed by atoms with van der Waals surface area (Å²) in [7, 11) is 0. The van der Waals surface area contributed by atoms with Crippen molar-refractivity contribution in [2.24, 2.45) is 5.41 Å². The zero-order chi connectivity index (χ0) is 75.3. The van der Waals surface area contributed by atoms with Crippen LogP contribution < -0.4 is 18.9 Å². The number of aromatic nitrogens is 7. The number of rotatable bonds is 18. The number of aryl methyl sites for hydroxylation is 2. The second-order valence-corrected chi connectivity index (χ2v) is 29.6. The van der Waals surface area contributed by atoms with Crippen LogP contribution in [-0.4, -0.2) is 89.4 Å². The average Bonchev–Trinajstić information content (AvgIpc) is 1.63. The van der Waals surface area contributed by atoms with Crippen molar-refractivity contribution in [1.29, 1.82) is 0 Å². The summed E-state index contributed by atoms with van der Waals surface area (Å²) < 4.78 is 26.7. The van der Waals surface area contributed by atoms with Crippen molar-refractivity contribution in [3.63, 3.8) is 0 Å². The fourth-order valence-corrected chi connectivity index (χ4v) is 10.0. The van der Waals surface area contributed by atoms with Gasteiger partial charge in [-0.3, -0.25) is 0 Å². The molecule has 548 valence electrons. The third-order valence-electron chi connectivity index (χ3n) is 15.0. The summed E-state index contributed by atoms with van der Waals surface area (Å²) in [4.78, 5) is 25.2. The number of aliphatic hydroxyl groups is 2. The second-order valence-electron chi connectivity index (χ2n) is 28.7. The zero-order valence-corrected chi connectivity index (χ0v) is 66.4. The van der Waals surface area contributed by atoms with Crippen molar-refractivity contribution in [2.45, 2.75) is 192 Å². The Balaban J connectivity index is 0.000000263. The van der Waals surface area contributed by atoms with Gasteiger partial charge >= 0.3 is 0 Å².